The van der Waals surface area contributed by atoms with E-state index >= 15 is 0 Å². The van der Waals surface area contributed by atoms with Crippen molar-refractivity contribution in [3.63, 3.8) is 0 Å². The number of sulfonamides is 1. The number of nitrogens with one attached hydrogen (secondary N) is 1. The van der Waals surface area contributed by atoms with E-state index < -0.39 is 28.5 Å². The molecule has 1 aliphatic carbocycles. The molecule has 0 spiro atoms. The summed E-state index contributed by atoms with van der Waals surface area (Å²) in [7, 11) is -2.89. The second kappa shape index (κ2) is 14.9. The quantitative estimate of drug-likeness (QED) is 0.235. The molecule has 1 fully saturated rings. The van der Waals surface area contributed by atoms with Crippen LogP contribution in [0.5, 0.6) is 5.75 Å². The molecule has 4 rings (SSSR count). The fourth-order valence-electron chi connectivity index (χ4n) is 5.19. The summed E-state index contributed by atoms with van der Waals surface area (Å²) >= 11 is 18.7. The molecule has 8 nitrogen and oxygen atoms in total. The van der Waals surface area contributed by atoms with Crippen LogP contribution in [0.2, 0.25) is 15.1 Å². The van der Waals surface area contributed by atoms with Crippen molar-refractivity contribution in [2.24, 2.45) is 0 Å². The Kier molecular flexibility index (Phi) is 11.5. The van der Waals surface area contributed by atoms with Crippen LogP contribution in [-0.4, -0.2) is 50.9 Å². The van der Waals surface area contributed by atoms with Crippen molar-refractivity contribution in [2.75, 3.05) is 18.0 Å². The van der Waals surface area contributed by atoms with E-state index in [0.717, 1.165) is 42.0 Å². The van der Waals surface area contributed by atoms with Crippen molar-refractivity contribution in [1.29, 1.82) is 0 Å². The third-order valence-corrected chi connectivity index (χ3v) is 10.5. The highest BCUT2D eigenvalue weighted by molar-refractivity contribution is 7.92. The molecule has 0 aromatic heterocycles. The molecule has 3 aromatic rings. The number of hydrogen-bond donors (Lipinski definition) is 1. The molecule has 44 heavy (non-hydrogen) atoms. The highest BCUT2D eigenvalue weighted by atomic mass is 35.5. The molecule has 0 radical (unpaired) electrons. The smallest absolute Gasteiger partial charge is 0.264 e. The van der Waals surface area contributed by atoms with Gasteiger partial charge in [0, 0.05) is 17.6 Å². The molecule has 2 amide bonds. The van der Waals surface area contributed by atoms with E-state index in [2.05, 4.69) is 5.32 Å². The molecule has 0 saturated heterocycles. The molecule has 1 saturated carbocycles. The highest BCUT2D eigenvalue weighted by Crippen LogP contribution is 2.35. The van der Waals surface area contributed by atoms with Gasteiger partial charge in [-0.2, -0.15) is 0 Å². The largest absolute Gasteiger partial charge is 0.495 e. The maximum atomic E-state index is 14.2. The molecule has 0 heterocycles. The number of aryl methyl sites for hydroxylation is 1. The maximum absolute atomic E-state index is 14.2. The minimum Gasteiger partial charge on any atom is -0.495 e. The summed E-state index contributed by atoms with van der Waals surface area (Å²) in [5.74, 6) is -0.726. The Balaban J connectivity index is 1.74. The van der Waals surface area contributed by atoms with E-state index in [0.29, 0.717) is 15.6 Å². The van der Waals surface area contributed by atoms with Crippen LogP contribution in [-0.2, 0) is 26.2 Å². The van der Waals surface area contributed by atoms with Crippen molar-refractivity contribution in [1.82, 2.24) is 10.2 Å². The maximum Gasteiger partial charge on any atom is 0.264 e. The second-order valence-electron chi connectivity index (χ2n) is 10.9. The molecule has 1 N–H and O–H groups in total. The second-order valence-corrected chi connectivity index (χ2v) is 14.0. The molecular formula is C32H36Cl3N3O5S. The molecule has 236 valence electrons. The van der Waals surface area contributed by atoms with E-state index in [9.17, 15) is 18.0 Å². The summed E-state index contributed by atoms with van der Waals surface area (Å²) in [6.07, 6.45) is 4.92. The average molecular weight is 681 g/mol. The normalized spacial score (nSPS) is 14.5. The Bertz CT molecular complexity index is 1600. The first kappa shape index (κ1) is 33.9. The molecule has 12 heteroatoms. The molecule has 3 aromatic carbocycles. The number of nitrogens with zero attached hydrogens (tertiary/aromatic N) is 2. The van der Waals surface area contributed by atoms with Gasteiger partial charge < -0.3 is 15.0 Å². The Morgan fingerprint density at radius 2 is 1.64 bits per heavy atom. The summed E-state index contributed by atoms with van der Waals surface area (Å²) in [5.41, 5.74) is 1.58. The number of benzene rings is 3. The SMILES string of the molecule is COc1ccc(Cl)cc1N(CC(=O)N(Cc1ccc(Cl)c(Cl)c1)[C@@H](C)C(=O)NC1CCCCC1)S(=O)(=O)c1ccc(C)cc1. The number of hydrogen-bond acceptors (Lipinski definition) is 5. The number of ether oxygens (including phenoxy) is 1. The number of amides is 2. The van der Waals surface area contributed by atoms with E-state index in [1.165, 1.54) is 36.3 Å². The Hall–Kier alpha value is -2.98. The number of halogens is 3. The first-order valence-electron chi connectivity index (χ1n) is 14.4. The van der Waals surface area contributed by atoms with Gasteiger partial charge in [0.15, 0.2) is 0 Å². The first-order chi connectivity index (χ1) is 20.9. The average Bonchev–Trinajstić information content (AvgIpc) is 3.00. The lowest BCUT2D eigenvalue weighted by atomic mass is 9.95. The molecule has 1 atom stereocenters. The van der Waals surface area contributed by atoms with Crippen LogP contribution in [0.15, 0.2) is 65.6 Å². The number of carbonyl (C=O) groups is 2. The van der Waals surface area contributed by atoms with E-state index in [-0.39, 0.29) is 39.8 Å². The summed E-state index contributed by atoms with van der Waals surface area (Å²) in [6.45, 7) is 2.83. The van der Waals surface area contributed by atoms with Crippen molar-refractivity contribution in [2.45, 2.75) is 69.5 Å². The van der Waals surface area contributed by atoms with Gasteiger partial charge in [-0.25, -0.2) is 8.42 Å². The van der Waals surface area contributed by atoms with Gasteiger partial charge >= 0.3 is 0 Å². The molecule has 0 aliphatic heterocycles. The van der Waals surface area contributed by atoms with E-state index in [1.54, 1.807) is 43.3 Å². The minimum atomic E-state index is -4.29. The topological polar surface area (TPSA) is 96.0 Å². The molecule has 0 bridgehead atoms. The zero-order valence-corrected chi connectivity index (χ0v) is 27.9. The first-order valence-corrected chi connectivity index (χ1v) is 16.9. The number of methoxy groups -OCH3 is 1. The predicted octanol–water partition coefficient (Wildman–Crippen LogP) is 7.03. The van der Waals surface area contributed by atoms with Gasteiger partial charge in [-0.05, 0) is 74.7 Å². The molecule has 1 aliphatic rings. The third kappa shape index (κ3) is 8.18. The lowest BCUT2D eigenvalue weighted by molar-refractivity contribution is -0.139. The van der Waals surface area contributed by atoms with Gasteiger partial charge in [0.1, 0.15) is 18.3 Å². The van der Waals surface area contributed by atoms with Crippen LogP contribution in [0.1, 0.15) is 50.2 Å². The van der Waals surface area contributed by atoms with Crippen LogP contribution in [0.3, 0.4) is 0 Å². The zero-order chi connectivity index (χ0) is 32.0. The Labute approximate surface area is 274 Å². The summed E-state index contributed by atoms with van der Waals surface area (Å²) in [6, 6.07) is 14.9. The molecule has 0 unspecified atom stereocenters. The zero-order valence-electron chi connectivity index (χ0n) is 24.9. The highest BCUT2D eigenvalue weighted by Gasteiger charge is 2.34. The summed E-state index contributed by atoms with van der Waals surface area (Å²) in [5, 5.41) is 3.98. The summed E-state index contributed by atoms with van der Waals surface area (Å²) in [4.78, 5) is 29.1. The predicted molar refractivity (Wildman–Crippen MR) is 175 cm³/mol. The van der Waals surface area contributed by atoms with Crippen molar-refractivity contribution in [3.05, 3.63) is 86.9 Å². The van der Waals surface area contributed by atoms with Crippen LogP contribution < -0.4 is 14.4 Å². The van der Waals surface area contributed by atoms with Gasteiger partial charge in [-0.15, -0.1) is 0 Å². The lowest BCUT2D eigenvalue weighted by Crippen LogP contribution is -2.53. The van der Waals surface area contributed by atoms with Gasteiger partial charge in [0.2, 0.25) is 11.8 Å². The number of anilines is 1. The van der Waals surface area contributed by atoms with Gasteiger partial charge in [-0.1, -0.05) is 77.8 Å². The number of rotatable bonds is 11. The van der Waals surface area contributed by atoms with Crippen molar-refractivity contribution < 1.29 is 22.7 Å². The van der Waals surface area contributed by atoms with Crippen LogP contribution in [0.25, 0.3) is 0 Å². The Morgan fingerprint density at radius 1 is 0.955 bits per heavy atom. The fraction of sp³-hybridized carbons (Fsp3) is 0.375. The van der Waals surface area contributed by atoms with Crippen molar-refractivity contribution in [3.8, 4) is 5.75 Å². The van der Waals surface area contributed by atoms with E-state index in [1.807, 2.05) is 6.92 Å². The molecular weight excluding hydrogens is 645 g/mol. The lowest BCUT2D eigenvalue weighted by Gasteiger charge is -2.33. The van der Waals surface area contributed by atoms with Gasteiger partial charge in [0.05, 0.1) is 27.7 Å². The monoisotopic (exact) mass is 679 g/mol. The standard InChI is InChI=1S/C32H36Cl3N3O5S/c1-21-9-13-26(14-10-21)44(41,42)38(29-18-24(33)12-16-30(29)43-3)20-31(39)37(19-23-11-15-27(34)28(35)17-23)22(2)32(40)36-25-7-5-4-6-8-25/h9-18,22,25H,4-8,19-20H2,1-3H3,(H,36,40)/t22-/m0/s1. The van der Waals surface area contributed by atoms with Crippen molar-refractivity contribution >= 4 is 62.3 Å². The third-order valence-electron chi connectivity index (χ3n) is 7.75. The minimum absolute atomic E-state index is 0.0138. The van der Waals surface area contributed by atoms with Crippen LogP contribution in [0.4, 0.5) is 5.69 Å². The van der Waals surface area contributed by atoms with Gasteiger partial charge in [-0.3, -0.25) is 13.9 Å². The summed E-state index contributed by atoms with van der Waals surface area (Å²) < 4.78 is 34.7. The number of carbonyl (C=O) groups excluding carboxylic acids is 2. The fourth-order valence-corrected chi connectivity index (χ4v) is 7.10. The van der Waals surface area contributed by atoms with Gasteiger partial charge in [0.25, 0.3) is 10.0 Å². The Morgan fingerprint density at radius 3 is 2.27 bits per heavy atom. The van der Waals surface area contributed by atoms with Crippen LogP contribution in [0, 0.1) is 6.92 Å². The van der Waals surface area contributed by atoms with Crippen LogP contribution >= 0.6 is 34.8 Å². The van der Waals surface area contributed by atoms with E-state index in [4.69, 9.17) is 39.5 Å².